The molecule has 6 nitrogen and oxygen atoms in total. The van der Waals surface area contributed by atoms with Crippen molar-refractivity contribution in [3.05, 3.63) is 15.9 Å². The lowest BCUT2D eigenvalue weighted by Crippen LogP contribution is -2.51. The van der Waals surface area contributed by atoms with Gasteiger partial charge in [0.25, 0.3) is 0 Å². The molecule has 92 valence electrons. The maximum absolute atomic E-state index is 11.2. The average molecular weight is 301 g/mol. The Morgan fingerprint density at radius 3 is 2.41 bits per heavy atom. The highest BCUT2D eigenvalue weighted by Crippen LogP contribution is 2.21. The molecule has 1 aromatic heterocycles. The van der Waals surface area contributed by atoms with Gasteiger partial charge in [-0.1, -0.05) is 0 Å². The van der Waals surface area contributed by atoms with Crippen LogP contribution in [0.5, 0.6) is 0 Å². The number of carbonyl (C=O) groups is 2. The number of aryl methyl sites for hydroxylation is 2. The second-order valence-corrected chi connectivity index (χ2v) is 4.88. The SMILES string of the molecule is Cc1nn(C)c(CN2CC(=O)NC(=O)C2)c1Br. The van der Waals surface area contributed by atoms with Crippen molar-refractivity contribution < 1.29 is 9.59 Å². The van der Waals surface area contributed by atoms with Crippen LogP contribution in [0.25, 0.3) is 0 Å². The van der Waals surface area contributed by atoms with Crippen molar-refractivity contribution in [1.29, 1.82) is 0 Å². The van der Waals surface area contributed by atoms with E-state index >= 15 is 0 Å². The summed E-state index contributed by atoms with van der Waals surface area (Å²) in [6, 6.07) is 0. The topological polar surface area (TPSA) is 67.2 Å². The normalized spacial score (nSPS) is 17.4. The molecule has 0 unspecified atom stereocenters. The van der Waals surface area contributed by atoms with Crippen LogP contribution in [0.1, 0.15) is 11.4 Å². The number of hydrogen-bond donors (Lipinski definition) is 1. The first-order valence-corrected chi connectivity index (χ1v) is 5.99. The third-order valence-corrected chi connectivity index (χ3v) is 3.68. The molecule has 0 radical (unpaired) electrons. The molecule has 2 amide bonds. The lowest BCUT2D eigenvalue weighted by molar-refractivity contribution is -0.136. The Morgan fingerprint density at radius 2 is 1.94 bits per heavy atom. The second kappa shape index (κ2) is 4.58. The maximum Gasteiger partial charge on any atom is 0.240 e. The molecule has 0 atom stereocenters. The average Bonchev–Trinajstić information content (AvgIpc) is 2.44. The predicted octanol–water partition coefficient (Wildman–Crippen LogP) is -0.0506. The summed E-state index contributed by atoms with van der Waals surface area (Å²) >= 11 is 3.46. The molecule has 0 aliphatic carbocycles. The largest absolute Gasteiger partial charge is 0.294 e. The summed E-state index contributed by atoms with van der Waals surface area (Å²) in [7, 11) is 1.85. The Kier molecular flexibility index (Phi) is 3.30. The van der Waals surface area contributed by atoms with Crippen LogP contribution in [-0.2, 0) is 23.2 Å². The van der Waals surface area contributed by atoms with E-state index in [1.54, 1.807) is 9.58 Å². The number of halogens is 1. The molecule has 0 aromatic carbocycles. The number of piperazine rings is 1. The fourth-order valence-corrected chi connectivity index (χ4v) is 2.33. The standard InChI is InChI=1S/C10H13BrN4O2/c1-6-10(11)7(14(2)13-6)3-15-4-8(16)12-9(17)5-15/h3-5H2,1-2H3,(H,12,16,17). The predicted molar refractivity (Wildman–Crippen MR) is 64.1 cm³/mol. The van der Waals surface area contributed by atoms with Gasteiger partial charge in [-0.05, 0) is 22.9 Å². The van der Waals surface area contributed by atoms with Crippen molar-refractivity contribution in [2.24, 2.45) is 7.05 Å². The summed E-state index contributed by atoms with van der Waals surface area (Å²) in [6.45, 7) is 2.91. The molecule has 1 fully saturated rings. The van der Waals surface area contributed by atoms with Gasteiger partial charge in [0.2, 0.25) is 11.8 Å². The molecule has 7 heteroatoms. The smallest absolute Gasteiger partial charge is 0.240 e. The third kappa shape index (κ3) is 2.55. The molecule has 1 aliphatic heterocycles. The summed E-state index contributed by atoms with van der Waals surface area (Å²) in [5.41, 5.74) is 1.86. The van der Waals surface area contributed by atoms with Crippen LogP contribution in [0, 0.1) is 6.92 Å². The number of rotatable bonds is 2. The van der Waals surface area contributed by atoms with E-state index < -0.39 is 0 Å². The van der Waals surface area contributed by atoms with Crippen LogP contribution in [-0.4, -0.2) is 39.6 Å². The Labute approximate surface area is 107 Å². The van der Waals surface area contributed by atoms with Gasteiger partial charge in [-0.3, -0.25) is 24.5 Å². The van der Waals surface area contributed by atoms with Gasteiger partial charge >= 0.3 is 0 Å². The molecule has 1 saturated heterocycles. The molecular formula is C10H13BrN4O2. The molecule has 1 aromatic rings. The summed E-state index contributed by atoms with van der Waals surface area (Å²) in [5, 5.41) is 6.55. The first kappa shape index (κ1) is 12.3. The van der Waals surface area contributed by atoms with E-state index in [-0.39, 0.29) is 24.9 Å². The monoisotopic (exact) mass is 300 g/mol. The number of amides is 2. The van der Waals surface area contributed by atoms with E-state index in [1.165, 1.54) is 0 Å². The van der Waals surface area contributed by atoms with Crippen LogP contribution in [0.15, 0.2) is 4.47 Å². The zero-order chi connectivity index (χ0) is 12.6. The van der Waals surface area contributed by atoms with Crippen molar-refractivity contribution in [2.75, 3.05) is 13.1 Å². The molecule has 2 rings (SSSR count). The van der Waals surface area contributed by atoms with Gasteiger partial charge in [-0.25, -0.2) is 0 Å². The van der Waals surface area contributed by atoms with Crippen molar-refractivity contribution in [3.8, 4) is 0 Å². The molecule has 0 saturated carbocycles. The summed E-state index contributed by atoms with van der Waals surface area (Å²) in [6.07, 6.45) is 0. The quantitative estimate of drug-likeness (QED) is 0.778. The fourth-order valence-electron chi connectivity index (χ4n) is 1.87. The van der Waals surface area contributed by atoms with Crippen molar-refractivity contribution in [3.63, 3.8) is 0 Å². The lowest BCUT2D eigenvalue weighted by Gasteiger charge is -2.25. The van der Waals surface area contributed by atoms with E-state index in [2.05, 4.69) is 26.3 Å². The summed E-state index contributed by atoms with van der Waals surface area (Å²) in [5.74, 6) is -0.507. The Hall–Kier alpha value is -1.21. The number of nitrogens with one attached hydrogen (secondary N) is 1. The zero-order valence-corrected chi connectivity index (χ0v) is 11.2. The molecular weight excluding hydrogens is 288 g/mol. The van der Waals surface area contributed by atoms with Gasteiger partial charge in [0, 0.05) is 13.6 Å². The van der Waals surface area contributed by atoms with Crippen molar-refractivity contribution in [1.82, 2.24) is 20.0 Å². The molecule has 2 heterocycles. The fraction of sp³-hybridized carbons (Fsp3) is 0.500. The van der Waals surface area contributed by atoms with Gasteiger partial charge in [-0.2, -0.15) is 5.10 Å². The zero-order valence-electron chi connectivity index (χ0n) is 9.66. The minimum atomic E-state index is -0.253. The maximum atomic E-state index is 11.2. The van der Waals surface area contributed by atoms with E-state index in [1.807, 2.05) is 14.0 Å². The first-order valence-electron chi connectivity index (χ1n) is 5.20. The number of aromatic nitrogens is 2. The highest BCUT2D eigenvalue weighted by molar-refractivity contribution is 9.10. The van der Waals surface area contributed by atoms with Crippen LogP contribution in [0.2, 0.25) is 0 Å². The molecule has 17 heavy (non-hydrogen) atoms. The van der Waals surface area contributed by atoms with E-state index in [9.17, 15) is 9.59 Å². The van der Waals surface area contributed by atoms with Crippen molar-refractivity contribution >= 4 is 27.7 Å². The highest BCUT2D eigenvalue weighted by Gasteiger charge is 2.24. The molecule has 0 spiro atoms. The molecule has 1 aliphatic rings. The van der Waals surface area contributed by atoms with Crippen molar-refractivity contribution in [2.45, 2.75) is 13.5 Å². The number of imide groups is 1. The van der Waals surface area contributed by atoms with Gasteiger partial charge in [0.1, 0.15) is 0 Å². The summed E-state index contributed by atoms with van der Waals surface area (Å²) in [4.78, 5) is 24.3. The van der Waals surface area contributed by atoms with Crippen LogP contribution >= 0.6 is 15.9 Å². The van der Waals surface area contributed by atoms with Crippen LogP contribution in [0.3, 0.4) is 0 Å². The minimum absolute atomic E-state index is 0.238. The number of carbonyl (C=O) groups excluding carboxylic acids is 2. The van der Waals surface area contributed by atoms with E-state index in [0.29, 0.717) is 6.54 Å². The Bertz CT molecular complexity index is 467. The van der Waals surface area contributed by atoms with E-state index in [0.717, 1.165) is 15.9 Å². The Balaban J connectivity index is 2.15. The summed E-state index contributed by atoms with van der Waals surface area (Å²) < 4.78 is 2.69. The van der Waals surface area contributed by atoms with Gasteiger partial charge in [-0.15, -0.1) is 0 Å². The van der Waals surface area contributed by atoms with Gasteiger partial charge < -0.3 is 0 Å². The van der Waals surface area contributed by atoms with Gasteiger partial charge in [0.05, 0.1) is 29.0 Å². The third-order valence-electron chi connectivity index (χ3n) is 2.65. The molecule has 1 N–H and O–H groups in total. The number of nitrogens with zero attached hydrogens (tertiary/aromatic N) is 3. The minimum Gasteiger partial charge on any atom is -0.294 e. The first-order chi connectivity index (χ1) is 7.97. The highest BCUT2D eigenvalue weighted by atomic mass is 79.9. The van der Waals surface area contributed by atoms with E-state index in [4.69, 9.17) is 0 Å². The van der Waals surface area contributed by atoms with Gasteiger partial charge in [0.15, 0.2) is 0 Å². The number of hydrogen-bond acceptors (Lipinski definition) is 4. The van der Waals surface area contributed by atoms with Crippen LogP contribution in [0.4, 0.5) is 0 Å². The second-order valence-electron chi connectivity index (χ2n) is 4.09. The molecule has 0 bridgehead atoms. The lowest BCUT2D eigenvalue weighted by atomic mass is 10.3. The van der Waals surface area contributed by atoms with Crippen LogP contribution < -0.4 is 5.32 Å². The Morgan fingerprint density at radius 1 is 1.35 bits per heavy atom.